The first kappa shape index (κ1) is 32.0. The van der Waals surface area contributed by atoms with Gasteiger partial charge in [0.1, 0.15) is 5.75 Å². The number of fused-ring (bicyclic) bond motifs is 1. The first-order chi connectivity index (χ1) is 22.2. The maximum atomic E-state index is 13.8. The van der Waals surface area contributed by atoms with Crippen LogP contribution in [0.5, 0.6) is 17.2 Å². The van der Waals surface area contributed by atoms with E-state index in [1.807, 2.05) is 75.4 Å². The molecule has 1 amide bonds. The van der Waals surface area contributed by atoms with Crippen LogP contribution in [0.3, 0.4) is 0 Å². The van der Waals surface area contributed by atoms with Gasteiger partial charge in [-0.1, -0.05) is 43.7 Å². The maximum Gasteiger partial charge on any atom is 0.282 e. The highest BCUT2D eigenvalue weighted by atomic mass is 16.5. The Bertz CT molecular complexity index is 1960. The number of carbonyl (C=O) groups is 1. The van der Waals surface area contributed by atoms with E-state index in [0.29, 0.717) is 46.1 Å². The molecule has 1 aromatic heterocycles. The van der Waals surface area contributed by atoms with E-state index in [4.69, 9.17) is 19.2 Å². The minimum absolute atomic E-state index is 0.185. The molecule has 0 spiro atoms. The van der Waals surface area contributed by atoms with Crippen molar-refractivity contribution in [3.8, 4) is 28.6 Å². The maximum absolute atomic E-state index is 13.8. The molecule has 0 saturated carbocycles. The van der Waals surface area contributed by atoms with E-state index in [9.17, 15) is 9.59 Å². The lowest BCUT2D eigenvalue weighted by Crippen LogP contribution is -2.21. The summed E-state index contributed by atoms with van der Waals surface area (Å²) in [4.78, 5) is 31.2. The van der Waals surface area contributed by atoms with Gasteiger partial charge >= 0.3 is 0 Å². The molecule has 0 radical (unpaired) electrons. The number of hydrogen-bond acceptors (Lipinski definition) is 7. The van der Waals surface area contributed by atoms with E-state index in [0.717, 1.165) is 28.0 Å². The average Bonchev–Trinajstić information content (AvgIpc) is 3.04. The van der Waals surface area contributed by atoms with Crippen LogP contribution in [0.2, 0.25) is 0 Å². The number of carbonyl (C=O) groups excluding carboxylic acids is 1. The standard InChI is InChI=1S/C37H38N4O5/c1-7-45-34-19-26(14-17-32(34)46-22-35(42)39-27-15-12-24(4)13-16-27)21-38-41-36(40-31-11-9-8-10-28(31)37(41)43)30-20-29(23(2)3)33(44-6)18-25(30)5/h8-21,23H,7,22H2,1-6H3,(H,39,42). The molecule has 1 heterocycles. The predicted octanol–water partition coefficient (Wildman–Crippen LogP) is 7.11. The van der Waals surface area contributed by atoms with Gasteiger partial charge in [0.25, 0.3) is 11.5 Å². The fourth-order valence-corrected chi connectivity index (χ4v) is 5.07. The van der Waals surface area contributed by atoms with E-state index in [1.165, 1.54) is 4.68 Å². The summed E-state index contributed by atoms with van der Waals surface area (Å²) in [7, 11) is 1.65. The van der Waals surface area contributed by atoms with E-state index >= 15 is 0 Å². The number of benzene rings is 4. The lowest BCUT2D eigenvalue weighted by atomic mass is 9.96. The Labute approximate surface area is 268 Å². The second kappa shape index (κ2) is 14.1. The molecular formula is C37H38N4O5. The Balaban J connectivity index is 1.48. The average molecular weight is 619 g/mol. The second-order valence-electron chi connectivity index (χ2n) is 11.2. The third kappa shape index (κ3) is 7.10. The van der Waals surface area contributed by atoms with Crippen molar-refractivity contribution in [3.63, 3.8) is 0 Å². The number of methoxy groups -OCH3 is 1. The van der Waals surface area contributed by atoms with Gasteiger partial charge in [0.05, 0.1) is 30.8 Å². The Morgan fingerprint density at radius 2 is 1.72 bits per heavy atom. The van der Waals surface area contributed by atoms with Gasteiger partial charge in [-0.2, -0.15) is 9.78 Å². The number of amides is 1. The molecule has 5 aromatic rings. The zero-order chi connectivity index (χ0) is 32.8. The van der Waals surface area contributed by atoms with Crippen LogP contribution in [0.1, 0.15) is 48.9 Å². The summed E-state index contributed by atoms with van der Waals surface area (Å²) in [5, 5.41) is 7.93. The lowest BCUT2D eigenvalue weighted by molar-refractivity contribution is -0.118. The zero-order valence-corrected chi connectivity index (χ0v) is 27.0. The first-order valence-corrected chi connectivity index (χ1v) is 15.2. The van der Waals surface area contributed by atoms with Crippen molar-refractivity contribution in [1.82, 2.24) is 9.66 Å². The van der Waals surface area contributed by atoms with Gasteiger partial charge in [0, 0.05) is 11.3 Å². The van der Waals surface area contributed by atoms with Gasteiger partial charge in [0.15, 0.2) is 23.9 Å². The molecule has 1 N–H and O–H groups in total. The van der Waals surface area contributed by atoms with Crippen LogP contribution in [-0.2, 0) is 4.79 Å². The number of para-hydroxylation sites is 1. The number of nitrogens with one attached hydrogen (secondary N) is 1. The second-order valence-corrected chi connectivity index (χ2v) is 11.2. The van der Waals surface area contributed by atoms with Crippen LogP contribution in [0.15, 0.2) is 88.8 Å². The molecule has 0 atom stereocenters. The van der Waals surface area contributed by atoms with Gasteiger partial charge in [-0.25, -0.2) is 4.98 Å². The predicted molar refractivity (Wildman–Crippen MR) is 183 cm³/mol. The fraction of sp³-hybridized carbons (Fsp3) is 0.243. The van der Waals surface area contributed by atoms with Crippen LogP contribution in [-0.4, -0.2) is 42.1 Å². The van der Waals surface area contributed by atoms with Crippen molar-refractivity contribution < 1.29 is 19.0 Å². The normalized spacial score (nSPS) is 11.3. The molecule has 236 valence electrons. The monoisotopic (exact) mass is 618 g/mol. The van der Waals surface area contributed by atoms with Crippen molar-refractivity contribution in [2.75, 3.05) is 25.6 Å². The summed E-state index contributed by atoms with van der Waals surface area (Å²) in [5.41, 5.74) is 5.45. The van der Waals surface area contributed by atoms with E-state index in [-0.39, 0.29) is 24.0 Å². The molecular weight excluding hydrogens is 580 g/mol. The van der Waals surface area contributed by atoms with Gasteiger partial charge in [0.2, 0.25) is 0 Å². The Kier molecular flexibility index (Phi) is 9.81. The summed E-state index contributed by atoms with van der Waals surface area (Å²) < 4.78 is 18.6. The number of ether oxygens (including phenoxy) is 3. The number of hydrogen-bond donors (Lipinski definition) is 1. The van der Waals surface area contributed by atoms with E-state index in [1.54, 1.807) is 37.6 Å². The van der Waals surface area contributed by atoms with Gasteiger partial charge in [-0.05, 0) is 98.0 Å². The Hall–Kier alpha value is -5.44. The number of anilines is 1. The minimum atomic E-state index is -0.290. The summed E-state index contributed by atoms with van der Waals surface area (Å²) in [6.45, 7) is 10.2. The molecule has 0 aliphatic heterocycles. The summed E-state index contributed by atoms with van der Waals surface area (Å²) in [5.74, 6) is 1.97. The van der Waals surface area contributed by atoms with Crippen LogP contribution in [0.4, 0.5) is 5.69 Å². The lowest BCUT2D eigenvalue weighted by Gasteiger charge is -2.17. The molecule has 0 fully saturated rings. The van der Waals surface area contributed by atoms with Crippen LogP contribution >= 0.6 is 0 Å². The Morgan fingerprint density at radius 3 is 2.43 bits per heavy atom. The minimum Gasteiger partial charge on any atom is -0.496 e. The van der Waals surface area contributed by atoms with Crippen molar-refractivity contribution in [2.24, 2.45) is 5.10 Å². The molecule has 46 heavy (non-hydrogen) atoms. The third-order valence-corrected chi connectivity index (χ3v) is 7.48. The SMILES string of the molecule is CCOc1cc(C=Nn2c(-c3cc(C(C)C)c(OC)cc3C)nc3ccccc3c2=O)ccc1OCC(=O)Nc1ccc(C)cc1. The molecule has 0 unspecified atom stereocenters. The number of nitrogens with zero attached hydrogens (tertiary/aromatic N) is 3. The molecule has 5 rings (SSSR count). The molecule has 9 heteroatoms. The van der Waals surface area contributed by atoms with E-state index in [2.05, 4.69) is 24.3 Å². The van der Waals surface area contributed by atoms with Crippen molar-refractivity contribution >= 4 is 28.7 Å². The molecule has 0 bridgehead atoms. The van der Waals surface area contributed by atoms with Crippen molar-refractivity contribution in [1.29, 1.82) is 0 Å². The third-order valence-electron chi connectivity index (χ3n) is 7.48. The van der Waals surface area contributed by atoms with Crippen LogP contribution in [0, 0.1) is 13.8 Å². The summed E-state index contributed by atoms with van der Waals surface area (Å²) >= 11 is 0. The molecule has 0 saturated heterocycles. The highest BCUT2D eigenvalue weighted by Crippen LogP contribution is 2.34. The number of aromatic nitrogens is 2. The molecule has 0 aliphatic carbocycles. The van der Waals surface area contributed by atoms with Crippen LogP contribution < -0.4 is 25.1 Å². The molecule has 0 aliphatic rings. The van der Waals surface area contributed by atoms with Gasteiger partial charge in [-0.15, -0.1) is 0 Å². The molecule has 9 nitrogen and oxygen atoms in total. The van der Waals surface area contributed by atoms with Crippen molar-refractivity contribution in [2.45, 2.75) is 40.5 Å². The fourth-order valence-electron chi connectivity index (χ4n) is 5.07. The Morgan fingerprint density at radius 1 is 0.957 bits per heavy atom. The van der Waals surface area contributed by atoms with Gasteiger partial charge < -0.3 is 19.5 Å². The summed E-state index contributed by atoms with van der Waals surface area (Å²) in [6, 6.07) is 24.0. The molecule has 4 aromatic carbocycles. The number of rotatable bonds is 11. The van der Waals surface area contributed by atoms with E-state index < -0.39 is 0 Å². The highest BCUT2D eigenvalue weighted by molar-refractivity contribution is 5.92. The number of aryl methyl sites for hydroxylation is 2. The summed E-state index contributed by atoms with van der Waals surface area (Å²) in [6.07, 6.45) is 1.58. The topological polar surface area (TPSA) is 104 Å². The smallest absolute Gasteiger partial charge is 0.282 e. The quantitative estimate of drug-likeness (QED) is 0.158. The largest absolute Gasteiger partial charge is 0.496 e. The first-order valence-electron chi connectivity index (χ1n) is 15.2. The highest BCUT2D eigenvalue weighted by Gasteiger charge is 2.18. The zero-order valence-electron chi connectivity index (χ0n) is 27.0. The van der Waals surface area contributed by atoms with Gasteiger partial charge in [-0.3, -0.25) is 9.59 Å². The van der Waals surface area contributed by atoms with Crippen LogP contribution in [0.25, 0.3) is 22.3 Å². The van der Waals surface area contributed by atoms with Crippen molar-refractivity contribution in [3.05, 3.63) is 111 Å².